The van der Waals surface area contributed by atoms with Crippen LogP contribution in [0.4, 0.5) is 11.5 Å². The van der Waals surface area contributed by atoms with Gasteiger partial charge in [0.2, 0.25) is 0 Å². The van der Waals surface area contributed by atoms with Gasteiger partial charge in [-0.1, -0.05) is 23.8 Å². The Bertz CT molecular complexity index is 1320. The number of aryl methyl sites for hydroxylation is 2. The van der Waals surface area contributed by atoms with Crippen LogP contribution in [0.15, 0.2) is 53.9 Å². The summed E-state index contributed by atoms with van der Waals surface area (Å²) in [7, 11) is 3.10. The van der Waals surface area contributed by atoms with Gasteiger partial charge >= 0.3 is 0 Å². The molecule has 4 N–H and O–H groups in total. The van der Waals surface area contributed by atoms with Crippen molar-refractivity contribution in [1.29, 1.82) is 0 Å². The number of aromatic nitrogens is 2. The van der Waals surface area contributed by atoms with Crippen LogP contribution in [-0.4, -0.2) is 35.8 Å². The number of carbonyl (C=O) groups is 2. The molecule has 0 saturated heterocycles. The van der Waals surface area contributed by atoms with Crippen molar-refractivity contribution in [2.75, 3.05) is 24.9 Å². The maximum atomic E-state index is 13.6. The van der Waals surface area contributed by atoms with Gasteiger partial charge in [-0.15, -0.1) is 0 Å². The Morgan fingerprint density at radius 2 is 1.79 bits per heavy atom. The normalized spacial score (nSPS) is 14.8. The lowest BCUT2D eigenvalue weighted by atomic mass is 9.94. The zero-order chi connectivity index (χ0) is 24.6. The van der Waals surface area contributed by atoms with E-state index in [0.717, 1.165) is 16.7 Å². The molecule has 2 heterocycles. The quantitative estimate of drug-likeness (QED) is 0.516. The van der Waals surface area contributed by atoms with Crippen LogP contribution in [0.25, 0.3) is 0 Å². The summed E-state index contributed by atoms with van der Waals surface area (Å²) in [5, 5.41) is 10.6. The Balaban J connectivity index is 1.85. The van der Waals surface area contributed by atoms with Crippen molar-refractivity contribution >= 4 is 23.3 Å². The topological polar surface area (TPSA) is 120 Å². The molecule has 1 atom stereocenters. The molecule has 1 aliphatic rings. The van der Waals surface area contributed by atoms with Crippen LogP contribution >= 0.6 is 0 Å². The van der Waals surface area contributed by atoms with Crippen molar-refractivity contribution in [1.82, 2.24) is 9.78 Å². The molecule has 1 unspecified atom stereocenters. The zero-order valence-corrected chi connectivity index (χ0v) is 19.7. The maximum Gasteiger partial charge on any atom is 0.255 e. The second kappa shape index (κ2) is 8.93. The molecule has 0 saturated carbocycles. The van der Waals surface area contributed by atoms with Gasteiger partial charge in [-0.3, -0.25) is 9.59 Å². The number of hydrogen-bond acceptors (Lipinski definition) is 6. The van der Waals surface area contributed by atoms with Gasteiger partial charge in [0.1, 0.15) is 17.4 Å². The standard InChI is InChI=1S/C25H27N5O4/c1-13-6-8-18(14(2)10-13)29-25(32)21-15(3)28-24-17(23(26)31)12-27-30(24)22(21)16-7-9-19(33-4)20(11-16)34-5/h6-12,22,28H,1-5H3,(H2,26,31)(H,29,32). The van der Waals surface area contributed by atoms with E-state index in [1.807, 2.05) is 38.1 Å². The average molecular weight is 462 g/mol. The fourth-order valence-corrected chi connectivity index (χ4v) is 4.20. The molecule has 0 bridgehead atoms. The summed E-state index contributed by atoms with van der Waals surface area (Å²) in [6.45, 7) is 5.73. The highest BCUT2D eigenvalue weighted by Gasteiger charge is 2.35. The SMILES string of the molecule is COc1ccc(C2C(C(=O)Nc3ccc(C)cc3C)=C(C)Nc3c(C(N)=O)cnn32)cc1OC. The number of rotatable bonds is 6. The van der Waals surface area contributed by atoms with E-state index in [0.29, 0.717) is 34.3 Å². The van der Waals surface area contributed by atoms with Crippen molar-refractivity contribution in [2.24, 2.45) is 5.73 Å². The van der Waals surface area contributed by atoms with Gasteiger partial charge in [-0.2, -0.15) is 5.10 Å². The van der Waals surface area contributed by atoms with Crippen LogP contribution < -0.4 is 25.8 Å². The summed E-state index contributed by atoms with van der Waals surface area (Å²) in [5.41, 5.74) is 10.3. The lowest BCUT2D eigenvalue weighted by molar-refractivity contribution is -0.113. The summed E-state index contributed by atoms with van der Waals surface area (Å²) in [6, 6.07) is 10.6. The highest BCUT2D eigenvalue weighted by molar-refractivity contribution is 6.07. The van der Waals surface area contributed by atoms with E-state index in [2.05, 4.69) is 15.7 Å². The van der Waals surface area contributed by atoms with Gasteiger partial charge < -0.3 is 25.8 Å². The van der Waals surface area contributed by atoms with Crippen LogP contribution in [0.5, 0.6) is 11.5 Å². The first kappa shape index (κ1) is 22.9. The van der Waals surface area contributed by atoms with Crippen LogP contribution in [0.2, 0.25) is 0 Å². The molecule has 9 heteroatoms. The Hall–Kier alpha value is -4.27. The monoisotopic (exact) mass is 461 g/mol. The zero-order valence-electron chi connectivity index (χ0n) is 19.7. The summed E-state index contributed by atoms with van der Waals surface area (Å²) in [5.74, 6) is 0.581. The number of anilines is 2. The Labute approximate surface area is 197 Å². The molecule has 1 aliphatic heterocycles. The minimum atomic E-state index is -0.644. The van der Waals surface area contributed by atoms with E-state index < -0.39 is 11.9 Å². The lowest BCUT2D eigenvalue weighted by Crippen LogP contribution is -2.32. The maximum absolute atomic E-state index is 13.6. The van der Waals surface area contributed by atoms with E-state index >= 15 is 0 Å². The Morgan fingerprint density at radius 1 is 1.06 bits per heavy atom. The van der Waals surface area contributed by atoms with Crippen molar-refractivity contribution in [3.8, 4) is 11.5 Å². The summed E-state index contributed by atoms with van der Waals surface area (Å²) in [6.07, 6.45) is 1.40. The molecular formula is C25H27N5O4. The lowest BCUT2D eigenvalue weighted by Gasteiger charge is -2.30. The van der Waals surface area contributed by atoms with Crippen LogP contribution in [-0.2, 0) is 4.79 Å². The summed E-state index contributed by atoms with van der Waals surface area (Å²) in [4.78, 5) is 25.6. The van der Waals surface area contributed by atoms with Gasteiger partial charge in [-0.05, 0) is 50.1 Å². The minimum Gasteiger partial charge on any atom is -0.493 e. The highest BCUT2D eigenvalue weighted by Crippen LogP contribution is 2.40. The third-order valence-electron chi connectivity index (χ3n) is 5.89. The first-order valence-electron chi connectivity index (χ1n) is 10.7. The number of nitrogens with one attached hydrogen (secondary N) is 2. The number of nitrogens with zero attached hydrogens (tertiary/aromatic N) is 2. The van der Waals surface area contributed by atoms with E-state index in [9.17, 15) is 9.59 Å². The van der Waals surface area contributed by atoms with Crippen LogP contribution in [0, 0.1) is 13.8 Å². The second-order valence-corrected chi connectivity index (χ2v) is 8.17. The van der Waals surface area contributed by atoms with Crippen molar-refractivity contribution < 1.29 is 19.1 Å². The van der Waals surface area contributed by atoms with E-state index in [1.165, 1.54) is 6.20 Å². The number of fused-ring (bicyclic) bond motifs is 1. The van der Waals surface area contributed by atoms with Gasteiger partial charge in [0.25, 0.3) is 11.8 Å². The molecule has 3 aromatic rings. The summed E-state index contributed by atoms with van der Waals surface area (Å²) >= 11 is 0. The molecule has 0 radical (unpaired) electrons. The number of nitrogens with two attached hydrogens (primary N) is 1. The van der Waals surface area contributed by atoms with Gasteiger partial charge in [-0.25, -0.2) is 4.68 Å². The molecule has 2 aromatic carbocycles. The Morgan fingerprint density at radius 3 is 2.44 bits per heavy atom. The van der Waals surface area contributed by atoms with Crippen LogP contribution in [0.1, 0.15) is 40.0 Å². The van der Waals surface area contributed by atoms with E-state index in [1.54, 1.807) is 38.0 Å². The number of carbonyl (C=O) groups excluding carboxylic acids is 2. The molecular weight excluding hydrogens is 434 g/mol. The molecule has 34 heavy (non-hydrogen) atoms. The van der Waals surface area contributed by atoms with Gasteiger partial charge in [0, 0.05) is 11.4 Å². The predicted octanol–water partition coefficient (Wildman–Crippen LogP) is 3.54. The molecule has 9 nitrogen and oxygen atoms in total. The molecule has 0 fully saturated rings. The van der Waals surface area contributed by atoms with Gasteiger partial charge in [0.15, 0.2) is 11.5 Å². The summed E-state index contributed by atoms with van der Waals surface area (Å²) < 4.78 is 12.4. The minimum absolute atomic E-state index is 0.235. The first-order valence-corrected chi connectivity index (χ1v) is 10.7. The fourth-order valence-electron chi connectivity index (χ4n) is 4.20. The largest absolute Gasteiger partial charge is 0.493 e. The fraction of sp³-hybridized carbons (Fsp3) is 0.240. The van der Waals surface area contributed by atoms with E-state index in [4.69, 9.17) is 15.2 Å². The number of hydrogen-bond donors (Lipinski definition) is 3. The van der Waals surface area contributed by atoms with Crippen molar-refractivity contribution in [3.63, 3.8) is 0 Å². The number of ether oxygens (including phenoxy) is 2. The number of methoxy groups -OCH3 is 2. The van der Waals surface area contributed by atoms with Crippen molar-refractivity contribution in [2.45, 2.75) is 26.8 Å². The molecule has 4 rings (SSSR count). The third kappa shape index (κ3) is 3.96. The number of amides is 2. The number of benzene rings is 2. The smallest absolute Gasteiger partial charge is 0.255 e. The van der Waals surface area contributed by atoms with E-state index in [-0.39, 0.29) is 11.5 Å². The van der Waals surface area contributed by atoms with Crippen molar-refractivity contribution in [3.05, 3.63) is 76.1 Å². The molecule has 2 amide bonds. The average Bonchev–Trinajstić information content (AvgIpc) is 3.23. The molecule has 176 valence electrons. The molecule has 0 spiro atoms. The third-order valence-corrected chi connectivity index (χ3v) is 5.89. The first-order chi connectivity index (χ1) is 16.2. The number of allylic oxidation sites excluding steroid dienone is 1. The molecule has 0 aliphatic carbocycles. The number of primary amides is 1. The highest BCUT2D eigenvalue weighted by atomic mass is 16.5. The predicted molar refractivity (Wildman–Crippen MR) is 129 cm³/mol. The second-order valence-electron chi connectivity index (χ2n) is 8.17. The Kier molecular flexibility index (Phi) is 6.02. The van der Waals surface area contributed by atoms with Crippen LogP contribution in [0.3, 0.4) is 0 Å². The van der Waals surface area contributed by atoms with Gasteiger partial charge in [0.05, 0.1) is 26.0 Å². The molecule has 1 aromatic heterocycles.